The molecule has 3 N–H and O–H groups in total. The van der Waals surface area contributed by atoms with E-state index in [0.717, 1.165) is 16.5 Å². The Kier molecular flexibility index (Phi) is 4.82. The molecule has 29 heavy (non-hydrogen) atoms. The molecule has 1 atom stereocenters. The van der Waals surface area contributed by atoms with Crippen LogP contribution in [-0.2, 0) is 16.0 Å². The van der Waals surface area contributed by atoms with Crippen molar-refractivity contribution in [1.82, 2.24) is 20.5 Å². The SMILES string of the molecule is COC(=O)[C@@H](Cc1c[nH]c2ccccc12)NC(=O)c1n[nH]c(=O)c2ccccc12. The molecule has 4 rings (SSSR count). The van der Waals surface area contributed by atoms with Crippen LogP contribution in [0.1, 0.15) is 16.1 Å². The van der Waals surface area contributed by atoms with Gasteiger partial charge in [0.05, 0.1) is 12.5 Å². The Bertz CT molecular complexity index is 1270. The predicted molar refractivity (Wildman–Crippen MR) is 108 cm³/mol. The first-order valence-electron chi connectivity index (χ1n) is 8.99. The largest absolute Gasteiger partial charge is 0.467 e. The highest BCUT2D eigenvalue weighted by molar-refractivity contribution is 6.05. The van der Waals surface area contributed by atoms with Crippen molar-refractivity contribution < 1.29 is 14.3 Å². The van der Waals surface area contributed by atoms with E-state index in [9.17, 15) is 14.4 Å². The molecule has 0 aliphatic rings. The summed E-state index contributed by atoms with van der Waals surface area (Å²) in [7, 11) is 1.27. The van der Waals surface area contributed by atoms with Crippen LogP contribution < -0.4 is 10.9 Å². The molecule has 0 saturated heterocycles. The van der Waals surface area contributed by atoms with Gasteiger partial charge in [0.25, 0.3) is 11.5 Å². The van der Waals surface area contributed by atoms with E-state index in [1.54, 1.807) is 30.5 Å². The van der Waals surface area contributed by atoms with Crippen LogP contribution in [0.2, 0.25) is 0 Å². The normalized spacial score (nSPS) is 12.0. The van der Waals surface area contributed by atoms with E-state index < -0.39 is 17.9 Å². The number of carbonyl (C=O) groups excluding carboxylic acids is 2. The van der Waals surface area contributed by atoms with Gasteiger partial charge in [0, 0.05) is 28.9 Å². The molecule has 0 aliphatic heterocycles. The van der Waals surface area contributed by atoms with Crippen LogP contribution in [0.3, 0.4) is 0 Å². The topological polar surface area (TPSA) is 117 Å². The highest BCUT2D eigenvalue weighted by Crippen LogP contribution is 2.20. The molecule has 8 nitrogen and oxygen atoms in total. The Morgan fingerprint density at radius 2 is 1.76 bits per heavy atom. The number of nitrogens with one attached hydrogen (secondary N) is 3. The molecule has 2 heterocycles. The maximum Gasteiger partial charge on any atom is 0.328 e. The van der Waals surface area contributed by atoms with Crippen LogP contribution in [0.5, 0.6) is 0 Å². The molecule has 0 saturated carbocycles. The number of nitrogens with zero attached hydrogens (tertiary/aromatic N) is 1. The minimum absolute atomic E-state index is 0.0352. The minimum Gasteiger partial charge on any atom is -0.467 e. The van der Waals surface area contributed by atoms with Crippen molar-refractivity contribution in [3.05, 3.63) is 76.3 Å². The zero-order valence-electron chi connectivity index (χ0n) is 15.6. The van der Waals surface area contributed by atoms with Gasteiger partial charge in [0.2, 0.25) is 0 Å². The highest BCUT2D eigenvalue weighted by atomic mass is 16.5. The van der Waals surface area contributed by atoms with Gasteiger partial charge in [-0.05, 0) is 17.7 Å². The van der Waals surface area contributed by atoms with E-state index >= 15 is 0 Å². The molecule has 0 radical (unpaired) electrons. The van der Waals surface area contributed by atoms with E-state index in [4.69, 9.17) is 4.74 Å². The molecule has 0 bridgehead atoms. The van der Waals surface area contributed by atoms with Gasteiger partial charge in [-0.25, -0.2) is 9.89 Å². The maximum absolute atomic E-state index is 12.9. The Hall–Kier alpha value is -3.94. The average Bonchev–Trinajstić information content (AvgIpc) is 3.16. The summed E-state index contributed by atoms with van der Waals surface area (Å²) in [5.74, 6) is -1.15. The number of rotatable bonds is 5. The predicted octanol–water partition coefficient (Wildman–Crippen LogP) is 1.92. The molecular weight excluding hydrogens is 372 g/mol. The number of aromatic nitrogens is 3. The van der Waals surface area contributed by atoms with Crippen molar-refractivity contribution in [2.45, 2.75) is 12.5 Å². The molecule has 4 aromatic rings. The molecule has 146 valence electrons. The van der Waals surface area contributed by atoms with E-state index in [1.807, 2.05) is 24.3 Å². The third-order valence-corrected chi connectivity index (χ3v) is 4.80. The van der Waals surface area contributed by atoms with Crippen LogP contribution in [0, 0.1) is 0 Å². The fraction of sp³-hybridized carbons (Fsp3) is 0.143. The summed E-state index contributed by atoms with van der Waals surface area (Å²) in [6.45, 7) is 0. The number of fused-ring (bicyclic) bond motifs is 2. The van der Waals surface area contributed by atoms with Gasteiger partial charge >= 0.3 is 5.97 Å². The molecule has 8 heteroatoms. The lowest BCUT2D eigenvalue weighted by Crippen LogP contribution is -2.43. The van der Waals surface area contributed by atoms with Crippen molar-refractivity contribution in [3.8, 4) is 0 Å². The van der Waals surface area contributed by atoms with Crippen molar-refractivity contribution in [3.63, 3.8) is 0 Å². The van der Waals surface area contributed by atoms with Gasteiger partial charge in [-0.1, -0.05) is 36.4 Å². The number of ether oxygens (including phenoxy) is 1. The van der Waals surface area contributed by atoms with Crippen LogP contribution in [0.15, 0.2) is 59.5 Å². The van der Waals surface area contributed by atoms with Gasteiger partial charge in [0.1, 0.15) is 6.04 Å². The second-order valence-electron chi connectivity index (χ2n) is 6.56. The standard InChI is InChI=1S/C21H18N4O4/c1-29-21(28)17(10-12-11-22-16-9-5-4-6-13(12)16)23-20(27)18-14-7-2-3-8-15(14)19(26)25-24-18/h2-9,11,17,22H,10H2,1H3,(H,23,27)(H,25,26)/t17-/m1/s1. The second-order valence-corrected chi connectivity index (χ2v) is 6.56. The first kappa shape index (κ1) is 18.4. The van der Waals surface area contributed by atoms with E-state index in [2.05, 4.69) is 20.5 Å². The smallest absolute Gasteiger partial charge is 0.328 e. The first-order chi connectivity index (χ1) is 14.1. The molecule has 1 amide bonds. The van der Waals surface area contributed by atoms with Crippen molar-refractivity contribution in [2.24, 2.45) is 0 Å². The third kappa shape index (κ3) is 3.47. The number of amides is 1. The van der Waals surface area contributed by atoms with Crippen molar-refractivity contribution >= 4 is 33.6 Å². The van der Waals surface area contributed by atoms with Crippen LogP contribution >= 0.6 is 0 Å². The van der Waals surface area contributed by atoms with Gasteiger partial charge in [-0.2, -0.15) is 5.10 Å². The maximum atomic E-state index is 12.9. The summed E-state index contributed by atoms with van der Waals surface area (Å²) in [5, 5.41) is 10.6. The Balaban J connectivity index is 1.65. The number of H-pyrrole nitrogens is 2. The number of para-hydroxylation sites is 1. The molecule has 0 fully saturated rings. The van der Waals surface area contributed by atoms with Gasteiger partial charge < -0.3 is 15.0 Å². The monoisotopic (exact) mass is 390 g/mol. The Morgan fingerprint density at radius 3 is 2.52 bits per heavy atom. The fourth-order valence-electron chi connectivity index (χ4n) is 3.37. The van der Waals surface area contributed by atoms with Gasteiger partial charge in [-0.15, -0.1) is 0 Å². The summed E-state index contributed by atoms with van der Waals surface area (Å²) in [5.41, 5.74) is 1.45. The zero-order chi connectivity index (χ0) is 20.4. The van der Waals surface area contributed by atoms with E-state index in [-0.39, 0.29) is 17.7 Å². The van der Waals surface area contributed by atoms with E-state index in [1.165, 1.54) is 7.11 Å². The fourth-order valence-corrected chi connectivity index (χ4v) is 3.37. The molecule has 2 aromatic heterocycles. The Morgan fingerprint density at radius 1 is 1.07 bits per heavy atom. The number of methoxy groups -OCH3 is 1. The Labute approximate surface area is 164 Å². The highest BCUT2D eigenvalue weighted by Gasteiger charge is 2.25. The number of aromatic amines is 2. The summed E-state index contributed by atoms with van der Waals surface area (Å²) in [6, 6.07) is 13.4. The zero-order valence-corrected chi connectivity index (χ0v) is 15.6. The lowest BCUT2D eigenvalue weighted by molar-refractivity contribution is -0.142. The summed E-state index contributed by atoms with van der Waals surface area (Å²) < 4.78 is 4.87. The molecule has 0 spiro atoms. The van der Waals surface area contributed by atoms with Crippen molar-refractivity contribution in [1.29, 1.82) is 0 Å². The first-order valence-corrected chi connectivity index (χ1v) is 8.99. The van der Waals surface area contributed by atoms with Crippen LogP contribution in [-0.4, -0.2) is 40.2 Å². The summed E-state index contributed by atoms with van der Waals surface area (Å²) in [6.07, 6.45) is 2.05. The van der Waals surface area contributed by atoms with Gasteiger partial charge in [-0.3, -0.25) is 9.59 Å². The number of hydrogen-bond acceptors (Lipinski definition) is 5. The van der Waals surface area contributed by atoms with Crippen molar-refractivity contribution in [2.75, 3.05) is 7.11 Å². The number of hydrogen-bond donors (Lipinski definition) is 3. The van der Waals surface area contributed by atoms with Crippen LogP contribution in [0.4, 0.5) is 0 Å². The molecule has 0 unspecified atom stereocenters. The minimum atomic E-state index is -0.917. The summed E-state index contributed by atoms with van der Waals surface area (Å²) >= 11 is 0. The average molecular weight is 390 g/mol. The molecule has 0 aliphatic carbocycles. The molecular formula is C21H18N4O4. The third-order valence-electron chi connectivity index (χ3n) is 4.80. The summed E-state index contributed by atoms with van der Waals surface area (Å²) in [4.78, 5) is 40.3. The number of esters is 1. The van der Waals surface area contributed by atoms with Crippen LogP contribution in [0.25, 0.3) is 21.7 Å². The van der Waals surface area contributed by atoms with Gasteiger partial charge in [0.15, 0.2) is 5.69 Å². The van der Waals surface area contributed by atoms with E-state index in [0.29, 0.717) is 10.8 Å². The quantitative estimate of drug-likeness (QED) is 0.450. The lowest BCUT2D eigenvalue weighted by Gasteiger charge is -2.16. The number of carbonyl (C=O) groups is 2. The molecule has 2 aromatic carbocycles. The second kappa shape index (κ2) is 7.59. The number of benzene rings is 2. The lowest BCUT2D eigenvalue weighted by atomic mass is 10.0.